The lowest BCUT2D eigenvalue weighted by Crippen LogP contribution is -2.38. The summed E-state index contributed by atoms with van der Waals surface area (Å²) in [7, 11) is 0. The van der Waals surface area contributed by atoms with Gasteiger partial charge in [0.15, 0.2) is 0 Å². The van der Waals surface area contributed by atoms with Crippen molar-refractivity contribution in [1.82, 2.24) is 15.1 Å². The van der Waals surface area contributed by atoms with Gasteiger partial charge in [-0.05, 0) is 12.8 Å². The number of aliphatic hydroxyl groups is 1. The highest BCUT2D eigenvalue weighted by atomic mass is 16.5. The Morgan fingerprint density at radius 2 is 2.19 bits per heavy atom. The minimum atomic E-state index is -0.593. The SMILES string of the molecule is O=c1cc(N2CCOCC2)cnn1CC(O)CNC1CC1. The zero-order chi connectivity index (χ0) is 14.7. The van der Waals surface area contributed by atoms with E-state index in [1.807, 2.05) is 0 Å². The van der Waals surface area contributed by atoms with Gasteiger partial charge in [-0.25, -0.2) is 4.68 Å². The minimum absolute atomic E-state index is 0.176. The topological polar surface area (TPSA) is 79.6 Å². The summed E-state index contributed by atoms with van der Waals surface area (Å²) in [6.07, 6.45) is 3.46. The Labute approximate surface area is 123 Å². The first-order valence-electron chi connectivity index (χ1n) is 7.54. The van der Waals surface area contributed by atoms with Crippen molar-refractivity contribution in [1.29, 1.82) is 0 Å². The smallest absolute Gasteiger partial charge is 0.268 e. The van der Waals surface area contributed by atoms with E-state index in [9.17, 15) is 9.90 Å². The number of hydrogen-bond donors (Lipinski definition) is 2. The van der Waals surface area contributed by atoms with Gasteiger partial charge in [-0.2, -0.15) is 5.10 Å². The minimum Gasteiger partial charge on any atom is -0.390 e. The first kappa shape index (κ1) is 14.5. The van der Waals surface area contributed by atoms with Gasteiger partial charge in [0.25, 0.3) is 5.56 Å². The van der Waals surface area contributed by atoms with E-state index >= 15 is 0 Å². The van der Waals surface area contributed by atoms with Crippen molar-refractivity contribution in [2.24, 2.45) is 0 Å². The second-order valence-electron chi connectivity index (χ2n) is 5.67. The van der Waals surface area contributed by atoms with Crippen LogP contribution in [0.3, 0.4) is 0 Å². The summed E-state index contributed by atoms with van der Waals surface area (Å²) in [5.74, 6) is 0. The average Bonchev–Trinajstić information content (AvgIpc) is 3.32. The Balaban J connectivity index is 1.59. The first-order valence-corrected chi connectivity index (χ1v) is 7.54. The van der Waals surface area contributed by atoms with Gasteiger partial charge in [-0.3, -0.25) is 4.79 Å². The molecule has 0 aromatic carbocycles. The maximum atomic E-state index is 12.1. The molecule has 116 valence electrons. The van der Waals surface area contributed by atoms with E-state index in [0.29, 0.717) is 25.8 Å². The van der Waals surface area contributed by atoms with Crippen molar-refractivity contribution >= 4 is 5.69 Å². The number of aromatic nitrogens is 2. The summed E-state index contributed by atoms with van der Waals surface area (Å²) in [5.41, 5.74) is 0.648. The predicted molar refractivity (Wildman–Crippen MR) is 78.6 cm³/mol. The molecule has 0 spiro atoms. The third-order valence-corrected chi connectivity index (χ3v) is 3.83. The number of ether oxygens (including phenoxy) is 1. The Hall–Kier alpha value is -1.44. The molecule has 2 aliphatic rings. The third kappa shape index (κ3) is 4.03. The van der Waals surface area contributed by atoms with Crippen LogP contribution in [0.2, 0.25) is 0 Å². The lowest BCUT2D eigenvalue weighted by atomic mass is 10.3. The predicted octanol–water partition coefficient (Wildman–Crippen LogP) is -0.807. The molecule has 2 N–H and O–H groups in total. The molecule has 1 aromatic heterocycles. The van der Waals surface area contributed by atoms with E-state index in [4.69, 9.17) is 4.74 Å². The standard InChI is InChI=1S/C14H22N4O3/c19-13(9-15-11-1-2-11)10-18-14(20)7-12(8-16-18)17-3-5-21-6-4-17/h7-8,11,13,15,19H,1-6,9-10H2. The molecular formula is C14H22N4O3. The Kier molecular flexibility index (Phi) is 4.52. The molecule has 1 saturated carbocycles. The summed E-state index contributed by atoms with van der Waals surface area (Å²) in [5, 5.41) is 17.3. The van der Waals surface area contributed by atoms with Crippen LogP contribution in [0.15, 0.2) is 17.1 Å². The van der Waals surface area contributed by atoms with Crippen LogP contribution in [0, 0.1) is 0 Å². The molecule has 1 aliphatic carbocycles. The lowest BCUT2D eigenvalue weighted by Gasteiger charge is -2.28. The monoisotopic (exact) mass is 294 g/mol. The number of aliphatic hydroxyl groups excluding tert-OH is 1. The maximum absolute atomic E-state index is 12.1. The Morgan fingerprint density at radius 3 is 2.86 bits per heavy atom. The molecule has 1 unspecified atom stereocenters. The summed E-state index contributed by atoms with van der Waals surface area (Å²) in [4.78, 5) is 14.2. The number of hydrogen-bond acceptors (Lipinski definition) is 6. The average molecular weight is 294 g/mol. The van der Waals surface area contributed by atoms with Gasteiger partial charge in [0, 0.05) is 31.7 Å². The van der Waals surface area contributed by atoms with Crippen molar-refractivity contribution in [2.75, 3.05) is 37.7 Å². The van der Waals surface area contributed by atoms with E-state index in [2.05, 4.69) is 15.3 Å². The van der Waals surface area contributed by atoms with E-state index in [0.717, 1.165) is 18.8 Å². The van der Waals surface area contributed by atoms with Gasteiger partial charge < -0.3 is 20.1 Å². The van der Waals surface area contributed by atoms with Crippen LogP contribution >= 0.6 is 0 Å². The maximum Gasteiger partial charge on any atom is 0.268 e. The van der Waals surface area contributed by atoms with Crippen molar-refractivity contribution < 1.29 is 9.84 Å². The van der Waals surface area contributed by atoms with Gasteiger partial charge in [0.05, 0.1) is 37.7 Å². The van der Waals surface area contributed by atoms with Crippen molar-refractivity contribution in [3.8, 4) is 0 Å². The fourth-order valence-electron chi connectivity index (χ4n) is 2.41. The van der Waals surface area contributed by atoms with Crippen LogP contribution < -0.4 is 15.8 Å². The molecule has 0 bridgehead atoms. The number of morpholine rings is 1. The van der Waals surface area contributed by atoms with Crippen LogP contribution in [-0.2, 0) is 11.3 Å². The molecular weight excluding hydrogens is 272 g/mol. The molecule has 21 heavy (non-hydrogen) atoms. The number of rotatable bonds is 6. The van der Waals surface area contributed by atoms with Gasteiger partial charge in [-0.1, -0.05) is 0 Å². The highest BCUT2D eigenvalue weighted by Crippen LogP contribution is 2.18. The molecule has 0 amide bonds. The molecule has 1 atom stereocenters. The summed E-state index contributed by atoms with van der Waals surface area (Å²) in [6.45, 7) is 3.63. The quantitative estimate of drug-likeness (QED) is 0.714. The number of nitrogens with one attached hydrogen (secondary N) is 1. The highest BCUT2D eigenvalue weighted by Gasteiger charge is 2.21. The fraction of sp³-hybridized carbons (Fsp3) is 0.714. The van der Waals surface area contributed by atoms with Crippen molar-refractivity contribution in [2.45, 2.75) is 31.5 Å². The first-order chi connectivity index (χ1) is 10.2. The molecule has 2 fully saturated rings. The highest BCUT2D eigenvalue weighted by molar-refractivity contribution is 5.43. The van der Waals surface area contributed by atoms with Crippen LogP contribution in [0.1, 0.15) is 12.8 Å². The van der Waals surface area contributed by atoms with E-state index in [-0.39, 0.29) is 12.1 Å². The summed E-state index contributed by atoms with van der Waals surface area (Å²) < 4.78 is 6.62. The van der Waals surface area contributed by atoms with Crippen molar-refractivity contribution in [3.05, 3.63) is 22.6 Å². The van der Waals surface area contributed by atoms with Crippen LogP contribution in [0.4, 0.5) is 5.69 Å². The van der Waals surface area contributed by atoms with Crippen molar-refractivity contribution in [3.63, 3.8) is 0 Å². The van der Waals surface area contributed by atoms with E-state index < -0.39 is 6.10 Å². The van der Waals surface area contributed by atoms with Gasteiger partial charge >= 0.3 is 0 Å². The Bertz CT molecular complexity index is 523. The molecule has 7 nitrogen and oxygen atoms in total. The molecule has 7 heteroatoms. The molecule has 2 heterocycles. The zero-order valence-corrected chi connectivity index (χ0v) is 12.1. The van der Waals surface area contributed by atoms with E-state index in [1.165, 1.54) is 17.5 Å². The zero-order valence-electron chi connectivity index (χ0n) is 12.1. The second-order valence-corrected chi connectivity index (χ2v) is 5.67. The van der Waals surface area contributed by atoms with Crippen LogP contribution in [0.25, 0.3) is 0 Å². The van der Waals surface area contributed by atoms with Gasteiger partial charge in [-0.15, -0.1) is 0 Å². The second kappa shape index (κ2) is 6.55. The largest absolute Gasteiger partial charge is 0.390 e. The fourth-order valence-corrected chi connectivity index (χ4v) is 2.41. The normalized spacial score (nSPS) is 20.5. The van der Waals surface area contributed by atoms with Gasteiger partial charge in [0.1, 0.15) is 0 Å². The summed E-state index contributed by atoms with van der Waals surface area (Å²) >= 11 is 0. The summed E-state index contributed by atoms with van der Waals surface area (Å²) in [6, 6.07) is 2.13. The molecule has 3 rings (SSSR count). The van der Waals surface area contributed by atoms with Crippen LogP contribution in [-0.4, -0.2) is 59.9 Å². The molecule has 0 radical (unpaired) electrons. The van der Waals surface area contributed by atoms with Gasteiger partial charge in [0.2, 0.25) is 0 Å². The molecule has 1 aliphatic heterocycles. The molecule has 1 aromatic rings. The third-order valence-electron chi connectivity index (χ3n) is 3.83. The Morgan fingerprint density at radius 1 is 1.43 bits per heavy atom. The molecule has 1 saturated heterocycles. The lowest BCUT2D eigenvalue weighted by molar-refractivity contribution is 0.122. The van der Waals surface area contributed by atoms with Crippen LogP contribution in [0.5, 0.6) is 0 Å². The van der Waals surface area contributed by atoms with E-state index in [1.54, 1.807) is 12.3 Å². The number of anilines is 1. The number of nitrogens with zero attached hydrogens (tertiary/aromatic N) is 3.